The second-order valence-corrected chi connectivity index (χ2v) is 8.71. The van der Waals surface area contributed by atoms with E-state index in [0.717, 1.165) is 61.3 Å². The Balaban J connectivity index is 1.10. The van der Waals surface area contributed by atoms with Gasteiger partial charge in [0.1, 0.15) is 0 Å². The molecule has 0 spiro atoms. The van der Waals surface area contributed by atoms with Gasteiger partial charge in [0, 0.05) is 48.4 Å². The highest BCUT2D eigenvalue weighted by Crippen LogP contribution is 2.28. The minimum absolute atomic E-state index is 0.0279. The second-order valence-electron chi connectivity index (χ2n) is 8.71. The monoisotopic (exact) mass is 403 g/mol. The summed E-state index contributed by atoms with van der Waals surface area (Å²) < 4.78 is 0. The summed E-state index contributed by atoms with van der Waals surface area (Å²) >= 11 is 0. The molecule has 0 atom stereocenters. The topological polar surface area (TPSA) is 73.9 Å². The third kappa shape index (κ3) is 4.10. The highest BCUT2D eigenvalue weighted by atomic mass is 16.1. The van der Waals surface area contributed by atoms with Gasteiger partial charge in [-0.05, 0) is 62.8 Å². The number of hydrogen-bond acceptors (Lipinski definition) is 4. The van der Waals surface area contributed by atoms with E-state index in [2.05, 4.69) is 25.2 Å². The van der Waals surface area contributed by atoms with Gasteiger partial charge in [0.05, 0.1) is 17.5 Å². The first-order valence-electron chi connectivity index (χ1n) is 11.1. The number of amides is 1. The van der Waals surface area contributed by atoms with Crippen LogP contribution in [0.15, 0.2) is 42.9 Å². The smallest absolute Gasteiger partial charge is 0.252 e. The lowest BCUT2D eigenvalue weighted by molar-refractivity contribution is 0.0921. The Morgan fingerprint density at radius 3 is 2.93 bits per heavy atom. The summed E-state index contributed by atoms with van der Waals surface area (Å²) in [5.74, 6) is 0.792. The molecule has 30 heavy (non-hydrogen) atoms. The number of aromatic nitrogens is 3. The Morgan fingerprint density at radius 1 is 1.13 bits per heavy atom. The van der Waals surface area contributed by atoms with Crippen molar-refractivity contribution in [2.75, 3.05) is 13.1 Å². The van der Waals surface area contributed by atoms with Crippen molar-refractivity contribution in [2.45, 2.75) is 51.1 Å². The number of H-pyrrole nitrogens is 1. The number of carbonyl (C=O) groups is 1. The molecular weight excluding hydrogens is 374 g/mol. The fraction of sp³-hybridized carbons (Fsp3) is 0.458. The number of nitrogens with zero attached hydrogens (tertiary/aromatic N) is 3. The molecule has 3 heterocycles. The van der Waals surface area contributed by atoms with Crippen LogP contribution in [0.1, 0.15) is 53.8 Å². The molecule has 1 aliphatic heterocycles. The van der Waals surface area contributed by atoms with Crippen LogP contribution in [0.5, 0.6) is 0 Å². The van der Waals surface area contributed by atoms with Gasteiger partial charge in [-0.2, -0.15) is 0 Å². The van der Waals surface area contributed by atoms with Gasteiger partial charge < -0.3 is 10.3 Å². The van der Waals surface area contributed by atoms with E-state index in [9.17, 15) is 4.79 Å². The van der Waals surface area contributed by atoms with Crippen molar-refractivity contribution in [3.63, 3.8) is 0 Å². The highest BCUT2D eigenvalue weighted by Gasteiger charge is 2.25. The van der Waals surface area contributed by atoms with Crippen molar-refractivity contribution in [1.29, 1.82) is 0 Å². The number of pyridine rings is 1. The van der Waals surface area contributed by atoms with Crippen LogP contribution in [0.4, 0.5) is 0 Å². The fourth-order valence-corrected chi connectivity index (χ4v) is 4.98. The van der Waals surface area contributed by atoms with Gasteiger partial charge in [0.2, 0.25) is 0 Å². The van der Waals surface area contributed by atoms with E-state index >= 15 is 0 Å². The molecule has 0 bridgehead atoms. The van der Waals surface area contributed by atoms with Crippen molar-refractivity contribution in [3.8, 4) is 0 Å². The summed E-state index contributed by atoms with van der Waals surface area (Å²) in [5, 5.41) is 4.20. The molecule has 0 radical (unpaired) electrons. The van der Waals surface area contributed by atoms with Gasteiger partial charge in [-0.3, -0.25) is 14.7 Å². The Bertz CT molecular complexity index is 1020. The number of fused-ring (bicyclic) bond motifs is 2. The predicted octanol–water partition coefficient (Wildman–Crippen LogP) is 3.69. The zero-order valence-electron chi connectivity index (χ0n) is 17.3. The van der Waals surface area contributed by atoms with Gasteiger partial charge in [-0.15, -0.1) is 0 Å². The lowest BCUT2D eigenvalue weighted by Gasteiger charge is -2.32. The minimum atomic E-state index is 0.0279. The lowest BCUT2D eigenvalue weighted by Crippen LogP contribution is -2.38. The summed E-state index contributed by atoms with van der Waals surface area (Å²) in [7, 11) is 0. The Morgan fingerprint density at radius 2 is 2.03 bits per heavy atom. The number of imidazole rings is 1. The number of carbonyl (C=O) groups excluding carboxylic acids is 1. The third-order valence-electron chi connectivity index (χ3n) is 6.78. The Hall–Kier alpha value is -2.73. The van der Waals surface area contributed by atoms with Crippen molar-refractivity contribution in [1.82, 2.24) is 25.2 Å². The van der Waals surface area contributed by atoms with Crippen molar-refractivity contribution < 1.29 is 4.79 Å². The van der Waals surface area contributed by atoms with Crippen molar-refractivity contribution >= 4 is 16.8 Å². The number of nitrogens with one attached hydrogen (secondary N) is 2. The molecule has 5 rings (SSSR count). The Labute approximate surface area is 177 Å². The number of aromatic amines is 1. The van der Waals surface area contributed by atoms with E-state index in [0.29, 0.717) is 0 Å². The zero-order valence-corrected chi connectivity index (χ0v) is 17.3. The van der Waals surface area contributed by atoms with Crippen LogP contribution in [-0.4, -0.2) is 44.9 Å². The normalized spacial score (nSPS) is 22.0. The predicted molar refractivity (Wildman–Crippen MR) is 117 cm³/mol. The van der Waals surface area contributed by atoms with Gasteiger partial charge in [-0.25, -0.2) is 4.98 Å². The molecule has 6 nitrogen and oxygen atoms in total. The van der Waals surface area contributed by atoms with Crippen LogP contribution in [0, 0.1) is 5.92 Å². The maximum absolute atomic E-state index is 12.9. The van der Waals surface area contributed by atoms with E-state index in [1.54, 1.807) is 6.20 Å². The van der Waals surface area contributed by atoms with Gasteiger partial charge in [0.15, 0.2) is 0 Å². The van der Waals surface area contributed by atoms with E-state index in [4.69, 9.17) is 0 Å². The number of rotatable bonds is 5. The number of benzene rings is 1. The zero-order chi connectivity index (χ0) is 20.3. The van der Waals surface area contributed by atoms with Crippen molar-refractivity contribution in [2.24, 2.45) is 5.92 Å². The molecule has 6 heteroatoms. The first-order chi connectivity index (χ1) is 14.8. The Kier molecular flexibility index (Phi) is 5.49. The standard InChI is InChI=1S/C24H29N5O/c30-24(20-3-1-5-21-19(20)4-2-12-25-21)28-18-8-6-17(7-9-18)10-13-29-14-11-22-23(15-29)27-16-26-22/h1-5,12,16-18H,6-11,13-15H2,(H,26,27)(H,28,30)/t17-,18-. The lowest BCUT2D eigenvalue weighted by atomic mass is 9.84. The molecule has 1 fully saturated rings. The molecule has 1 amide bonds. The van der Waals surface area contributed by atoms with Crippen LogP contribution in [0.2, 0.25) is 0 Å². The summed E-state index contributed by atoms with van der Waals surface area (Å²) in [6, 6.07) is 9.90. The van der Waals surface area contributed by atoms with Crippen molar-refractivity contribution in [3.05, 3.63) is 59.8 Å². The van der Waals surface area contributed by atoms with E-state index in [-0.39, 0.29) is 11.9 Å². The molecule has 1 aliphatic carbocycles. The summed E-state index contributed by atoms with van der Waals surface area (Å²) in [6.07, 6.45) is 10.5. The molecule has 2 aromatic heterocycles. The average Bonchev–Trinajstić information content (AvgIpc) is 3.26. The molecule has 1 saturated carbocycles. The fourth-order valence-electron chi connectivity index (χ4n) is 4.98. The second kappa shape index (κ2) is 8.56. The molecule has 2 aliphatic rings. The van der Waals surface area contributed by atoms with E-state index in [1.165, 1.54) is 30.7 Å². The van der Waals surface area contributed by atoms with Crippen LogP contribution < -0.4 is 5.32 Å². The molecule has 3 aromatic rings. The highest BCUT2D eigenvalue weighted by molar-refractivity contribution is 6.06. The summed E-state index contributed by atoms with van der Waals surface area (Å²) in [4.78, 5) is 27.4. The first-order valence-corrected chi connectivity index (χ1v) is 11.1. The quantitative estimate of drug-likeness (QED) is 0.681. The van der Waals surface area contributed by atoms with Crippen LogP contribution >= 0.6 is 0 Å². The third-order valence-corrected chi connectivity index (χ3v) is 6.78. The molecule has 0 unspecified atom stereocenters. The molecule has 1 aromatic carbocycles. The summed E-state index contributed by atoms with van der Waals surface area (Å²) in [6.45, 7) is 3.25. The SMILES string of the molecule is O=C(N[C@H]1CC[C@H](CCN2CCc3[nH]cnc3C2)CC1)c1cccc2ncccc12. The van der Waals surface area contributed by atoms with Gasteiger partial charge >= 0.3 is 0 Å². The average molecular weight is 404 g/mol. The van der Waals surface area contributed by atoms with E-state index in [1.807, 2.05) is 36.7 Å². The van der Waals surface area contributed by atoms with Gasteiger partial charge in [-0.1, -0.05) is 12.1 Å². The number of hydrogen-bond donors (Lipinski definition) is 2. The maximum Gasteiger partial charge on any atom is 0.252 e. The summed E-state index contributed by atoms with van der Waals surface area (Å²) in [5.41, 5.74) is 4.12. The maximum atomic E-state index is 12.9. The first kappa shape index (κ1) is 19.2. The minimum Gasteiger partial charge on any atom is -0.349 e. The van der Waals surface area contributed by atoms with E-state index < -0.39 is 0 Å². The van der Waals surface area contributed by atoms with Crippen LogP contribution in [0.25, 0.3) is 10.9 Å². The largest absolute Gasteiger partial charge is 0.349 e. The van der Waals surface area contributed by atoms with Gasteiger partial charge in [0.25, 0.3) is 5.91 Å². The molecule has 0 saturated heterocycles. The molecular formula is C24H29N5O. The molecule has 2 N–H and O–H groups in total. The van der Waals surface area contributed by atoms with Crippen LogP contribution in [0.3, 0.4) is 0 Å². The molecule has 156 valence electrons. The van der Waals surface area contributed by atoms with Crippen LogP contribution in [-0.2, 0) is 13.0 Å².